The normalized spacial score (nSPS) is 37.2. The van der Waals surface area contributed by atoms with Crippen LogP contribution in [0.15, 0.2) is 23.8 Å². The molecular weight excluding hydrogens is 226 g/mol. The summed E-state index contributed by atoms with van der Waals surface area (Å²) in [5.74, 6) is -2.63. The molecule has 1 heterocycles. The van der Waals surface area contributed by atoms with E-state index in [0.29, 0.717) is 5.57 Å². The predicted molar refractivity (Wildman–Crippen MR) is 56.6 cm³/mol. The largest absolute Gasteiger partial charge is 0.466 e. The molecule has 2 aliphatic rings. The molecule has 2 rings (SSSR count). The number of rotatable bonds is 2. The fourth-order valence-electron chi connectivity index (χ4n) is 1.80. The topological polar surface area (TPSA) is 87.9 Å². The quantitative estimate of drug-likeness (QED) is 0.525. The van der Waals surface area contributed by atoms with Gasteiger partial charge in [-0.05, 0) is 12.5 Å². The smallest absolute Gasteiger partial charge is 0.330 e. The Hall–Kier alpha value is -1.66. The van der Waals surface area contributed by atoms with E-state index in [9.17, 15) is 9.59 Å². The fraction of sp³-hybridized carbons (Fsp3) is 0.455. The van der Waals surface area contributed by atoms with Gasteiger partial charge >= 0.3 is 5.97 Å². The van der Waals surface area contributed by atoms with Crippen LogP contribution in [-0.2, 0) is 23.8 Å². The Morgan fingerprint density at radius 3 is 2.82 bits per heavy atom. The maximum absolute atomic E-state index is 11.2. The maximum Gasteiger partial charge on any atom is 0.330 e. The Kier molecular flexibility index (Phi) is 2.76. The lowest BCUT2D eigenvalue weighted by Gasteiger charge is -2.19. The van der Waals surface area contributed by atoms with E-state index in [-0.39, 0.29) is 0 Å². The molecule has 6 heteroatoms. The summed E-state index contributed by atoms with van der Waals surface area (Å²) in [4.78, 5) is 22.3. The summed E-state index contributed by atoms with van der Waals surface area (Å²) in [6.07, 6.45) is 3.83. The molecule has 1 aliphatic carbocycles. The highest BCUT2D eigenvalue weighted by molar-refractivity contribution is 5.84. The van der Waals surface area contributed by atoms with Crippen LogP contribution in [0.1, 0.15) is 6.92 Å². The van der Waals surface area contributed by atoms with Gasteiger partial charge in [0, 0.05) is 6.08 Å². The molecule has 1 fully saturated rings. The zero-order valence-corrected chi connectivity index (χ0v) is 9.51. The van der Waals surface area contributed by atoms with Gasteiger partial charge in [-0.1, -0.05) is 12.2 Å². The average Bonchev–Trinajstić information content (AvgIpc) is 2.78. The number of amides is 1. The van der Waals surface area contributed by atoms with E-state index in [1.807, 2.05) is 0 Å². The minimum Gasteiger partial charge on any atom is -0.466 e. The van der Waals surface area contributed by atoms with Crippen LogP contribution < -0.4 is 5.73 Å². The number of hydrogen-bond acceptors (Lipinski definition) is 5. The van der Waals surface area contributed by atoms with Gasteiger partial charge in [-0.2, -0.15) is 0 Å². The Balaban J connectivity index is 2.19. The predicted octanol–water partition coefficient (Wildman–Crippen LogP) is -0.359. The van der Waals surface area contributed by atoms with Gasteiger partial charge < -0.3 is 19.9 Å². The molecule has 1 saturated heterocycles. The second-order valence-corrected chi connectivity index (χ2v) is 3.96. The summed E-state index contributed by atoms with van der Waals surface area (Å²) in [6.45, 7) is 1.46. The lowest BCUT2D eigenvalue weighted by atomic mass is 10.1. The number of carbonyl (C=O) groups is 2. The van der Waals surface area contributed by atoms with Crippen LogP contribution in [0.25, 0.3) is 0 Å². The first-order chi connectivity index (χ1) is 7.96. The minimum absolute atomic E-state index is 0.400. The summed E-state index contributed by atoms with van der Waals surface area (Å²) in [5, 5.41) is 0. The van der Waals surface area contributed by atoms with Gasteiger partial charge in [0.25, 0.3) is 5.91 Å². The van der Waals surface area contributed by atoms with Crippen molar-refractivity contribution in [1.82, 2.24) is 0 Å². The molecule has 2 N–H and O–H groups in total. The van der Waals surface area contributed by atoms with Crippen molar-refractivity contribution in [2.75, 3.05) is 7.11 Å². The highest BCUT2D eigenvalue weighted by Gasteiger charge is 2.50. The maximum atomic E-state index is 11.2. The van der Waals surface area contributed by atoms with Gasteiger partial charge in [-0.25, -0.2) is 4.79 Å². The molecule has 0 aromatic carbocycles. The lowest BCUT2D eigenvalue weighted by Crippen LogP contribution is -2.42. The van der Waals surface area contributed by atoms with Crippen molar-refractivity contribution < 1.29 is 23.8 Å². The summed E-state index contributed by atoms with van der Waals surface area (Å²) >= 11 is 0. The first kappa shape index (κ1) is 11.8. The van der Waals surface area contributed by atoms with Crippen molar-refractivity contribution >= 4 is 11.9 Å². The number of nitrogens with two attached hydrogens (primary N) is 1. The van der Waals surface area contributed by atoms with E-state index in [4.69, 9.17) is 15.2 Å². The molecule has 6 nitrogen and oxygen atoms in total. The molecule has 0 aromatic heterocycles. The zero-order valence-electron chi connectivity index (χ0n) is 9.51. The van der Waals surface area contributed by atoms with E-state index in [1.54, 1.807) is 12.2 Å². The molecule has 3 atom stereocenters. The monoisotopic (exact) mass is 239 g/mol. The molecule has 3 unspecified atom stereocenters. The van der Waals surface area contributed by atoms with Gasteiger partial charge in [0.05, 0.1) is 7.11 Å². The second kappa shape index (κ2) is 3.97. The van der Waals surface area contributed by atoms with Gasteiger partial charge in [0.1, 0.15) is 12.2 Å². The van der Waals surface area contributed by atoms with E-state index < -0.39 is 29.9 Å². The van der Waals surface area contributed by atoms with Crippen LogP contribution in [0.2, 0.25) is 0 Å². The van der Waals surface area contributed by atoms with E-state index >= 15 is 0 Å². The molecule has 92 valence electrons. The summed E-state index contributed by atoms with van der Waals surface area (Å²) in [6, 6.07) is 0. The first-order valence-electron chi connectivity index (χ1n) is 5.09. The van der Waals surface area contributed by atoms with Crippen molar-refractivity contribution in [2.45, 2.75) is 24.9 Å². The Morgan fingerprint density at radius 2 is 2.24 bits per heavy atom. The third-order valence-corrected chi connectivity index (χ3v) is 2.75. The molecule has 17 heavy (non-hydrogen) atoms. The van der Waals surface area contributed by atoms with Crippen molar-refractivity contribution in [3.63, 3.8) is 0 Å². The van der Waals surface area contributed by atoms with Crippen molar-refractivity contribution in [3.8, 4) is 0 Å². The van der Waals surface area contributed by atoms with Crippen LogP contribution >= 0.6 is 0 Å². The SMILES string of the molecule is COC(=O)C=C1C=CC2OC(C)(C(N)=O)OC12. The van der Waals surface area contributed by atoms with Crippen LogP contribution in [0.4, 0.5) is 0 Å². The van der Waals surface area contributed by atoms with Gasteiger partial charge in [0.15, 0.2) is 0 Å². The van der Waals surface area contributed by atoms with Crippen molar-refractivity contribution in [1.29, 1.82) is 0 Å². The minimum atomic E-state index is -1.45. The molecule has 0 spiro atoms. The molecule has 0 saturated carbocycles. The number of ether oxygens (including phenoxy) is 3. The first-order valence-corrected chi connectivity index (χ1v) is 5.09. The number of primary amides is 1. The molecular formula is C11H13NO5. The molecule has 0 bridgehead atoms. The lowest BCUT2D eigenvalue weighted by molar-refractivity contribution is -0.178. The van der Waals surface area contributed by atoms with Crippen LogP contribution in [0, 0.1) is 0 Å². The molecule has 1 amide bonds. The average molecular weight is 239 g/mol. The van der Waals surface area contributed by atoms with Gasteiger partial charge in [0.2, 0.25) is 5.79 Å². The van der Waals surface area contributed by atoms with Crippen LogP contribution in [0.3, 0.4) is 0 Å². The number of hydrogen-bond donors (Lipinski definition) is 1. The van der Waals surface area contributed by atoms with Crippen LogP contribution in [0.5, 0.6) is 0 Å². The molecule has 0 aromatic rings. The fourth-order valence-corrected chi connectivity index (χ4v) is 1.80. The van der Waals surface area contributed by atoms with Gasteiger partial charge in [-0.15, -0.1) is 0 Å². The summed E-state index contributed by atoms with van der Waals surface area (Å²) in [5.41, 5.74) is 5.79. The standard InChI is InChI=1S/C11H13NO5/c1-11(10(12)14)16-7-4-3-6(9(7)17-11)5-8(13)15-2/h3-5,7,9H,1-2H3,(H2,12,14). The highest BCUT2D eigenvalue weighted by Crippen LogP contribution is 2.37. The summed E-state index contributed by atoms with van der Waals surface area (Å²) in [7, 11) is 1.29. The van der Waals surface area contributed by atoms with Crippen LogP contribution in [-0.4, -0.2) is 37.0 Å². The zero-order chi connectivity index (χ0) is 12.6. The number of esters is 1. The highest BCUT2D eigenvalue weighted by atomic mass is 16.8. The number of carbonyl (C=O) groups excluding carboxylic acids is 2. The number of fused-ring (bicyclic) bond motifs is 1. The molecule has 1 aliphatic heterocycles. The van der Waals surface area contributed by atoms with E-state index in [1.165, 1.54) is 20.1 Å². The molecule has 0 radical (unpaired) electrons. The van der Waals surface area contributed by atoms with Crippen molar-refractivity contribution in [3.05, 3.63) is 23.8 Å². The van der Waals surface area contributed by atoms with Crippen molar-refractivity contribution in [2.24, 2.45) is 5.73 Å². The summed E-state index contributed by atoms with van der Waals surface area (Å²) < 4.78 is 15.4. The third-order valence-electron chi connectivity index (χ3n) is 2.75. The third kappa shape index (κ3) is 1.96. The van der Waals surface area contributed by atoms with E-state index in [2.05, 4.69) is 4.74 Å². The Labute approximate surface area is 98.0 Å². The second-order valence-electron chi connectivity index (χ2n) is 3.96. The Morgan fingerprint density at radius 1 is 1.53 bits per heavy atom. The van der Waals surface area contributed by atoms with E-state index in [0.717, 1.165) is 0 Å². The van der Waals surface area contributed by atoms with Gasteiger partial charge in [-0.3, -0.25) is 4.79 Å². The number of methoxy groups -OCH3 is 1. The Bertz CT molecular complexity index is 428.